The van der Waals surface area contributed by atoms with Crippen LogP contribution in [0.5, 0.6) is 23.0 Å². The quantitative estimate of drug-likeness (QED) is 0.165. The van der Waals surface area contributed by atoms with Crippen LogP contribution in [0, 0.1) is 27.7 Å². The molecule has 10 aliphatic rings. The molecule has 87 heavy (non-hydrogen) atoms. The molecule has 5 spiro atoms. The summed E-state index contributed by atoms with van der Waals surface area (Å²) in [6, 6.07) is 27.1. The Morgan fingerprint density at radius 3 is 0.759 bits per heavy atom. The Morgan fingerprint density at radius 1 is 0.345 bits per heavy atom. The van der Waals surface area contributed by atoms with Crippen molar-refractivity contribution in [2.24, 2.45) is 0 Å². The monoisotopic (exact) mass is 1300 g/mol. The van der Waals surface area contributed by atoms with Crippen molar-refractivity contribution in [2.45, 2.75) is 103 Å². The molecule has 0 radical (unpaired) electrons. The van der Waals surface area contributed by atoms with E-state index >= 15 is 0 Å². The molecule has 2 saturated heterocycles. The molecule has 8 unspecified atom stereocenters. The van der Waals surface area contributed by atoms with Gasteiger partial charge in [0.25, 0.3) is 0 Å². The Labute approximate surface area is 524 Å². The first-order chi connectivity index (χ1) is 41.7. The van der Waals surface area contributed by atoms with Gasteiger partial charge in [0.2, 0.25) is 0 Å². The van der Waals surface area contributed by atoms with Crippen molar-refractivity contribution in [2.75, 3.05) is 28.4 Å². The molecule has 2 aliphatic heterocycles. The predicted octanol–water partition coefficient (Wildman–Crippen LogP) is 20.0. The number of aryl methyl sites for hydroxylation is 4. The van der Waals surface area contributed by atoms with Gasteiger partial charge in [-0.25, -0.2) is 0 Å². The first-order valence-electron chi connectivity index (χ1n) is 31.2. The zero-order valence-corrected chi connectivity index (χ0v) is 59.1. The first-order valence-corrected chi connectivity index (χ1v) is 47.1. The predicted molar refractivity (Wildman–Crippen MR) is 367 cm³/mol. The van der Waals surface area contributed by atoms with E-state index < -0.39 is 43.5 Å². The molecule has 0 saturated carbocycles. The van der Waals surface area contributed by atoms with Gasteiger partial charge in [0.1, 0.15) is 0 Å². The van der Waals surface area contributed by atoms with Crippen molar-refractivity contribution >= 4 is 34.6 Å². The van der Waals surface area contributed by atoms with E-state index in [0.717, 1.165) is 45.3 Å². The number of hydrogen-bond acceptors (Lipinski definition) is 4. The second-order valence-electron chi connectivity index (χ2n) is 26.8. The first kappa shape index (κ1) is 58.5. The average Bonchev–Trinajstić information content (AvgIpc) is 1.53. The summed E-state index contributed by atoms with van der Waals surface area (Å²) in [4.78, 5) is 0. The maximum atomic E-state index is 11.4. The number of rotatable bonds is 8. The van der Waals surface area contributed by atoms with Gasteiger partial charge < -0.3 is 0 Å². The summed E-state index contributed by atoms with van der Waals surface area (Å²) in [7, 11) is 24.7. The molecule has 2 heterocycles. The van der Waals surface area contributed by atoms with Crippen LogP contribution < -0.4 is 18.9 Å². The fourth-order valence-corrected chi connectivity index (χ4v) is 146. The van der Waals surface area contributed by atoms with Crippen molar-refractivity contribution < 1.29 is 33.9 Å². The summed E-state index contributed by atoms with van der Waals surface area (Å²) < 4.78 is 20.8. The molecule has 0 amide bonds. The average molecular weight is 1300 g/mol. The van der Waals surface area contributed by atoms with Gasteiger partial charge in [-0.2, -0.15) is 0 Å². The third-order valence-corrected chi connectivity index (χ3v) is 109. The van der Waals surface area contributed by atoms with Gasteiger partial charge in [-0.15, -0.1) is 0 Å². The van der Waals surface area contributed by atoms with Crippen LogP contribution in [-0.4, -0.2) is 46.0 Å². The number of methoxy groups -OCH3 is 4. The van der Waals surface area contributed by atoms with Crippen molar-refractivity contribution in [3.8, 4) is 23.0 Å². The molecular formula is C78H80Cl2O4Si2Zr. The number of allylic oxidation sites excluding steroid dienone is 32. The van der Waals surface area contributed by atoms with Crippen LogP contribution in [-0.2, 0) is 14.9 Å². The minimum absolute atomic E-state index is 0.0742. The van der Waals surface area contributed by atoms with Crippen molar-refractivity contribution in [1.29, 1.82) is 0 Å². The fourth-order valence-electron chi connectivity index (χ4n) is 22.3. The Bertz CT molecular complexity index is 3820. The van der Waals surface area contributed by atoms with Gasteiger partial charge in [0, 0.05) is 0 Å². The molecule has 0 aromatic heterocycles. The molecule has 9 heteroatoms. The molecular weight excluding hydrogens is 1220 g/mol. The topological polar surface area (TPSA) is 36.9 Å². The molecule has 14 rings (SSSR count). The third-order valence-electron chi connectivity index (χ3n) is 24.2. The van der Waals surface area contributed by atoms with Gasteiger partial charge in [0.05, 0.1) is 0 Å². The Hall–Kier alpha value is -6.18. The van der Waals surface area contributed by atoms with Crippen LogP contribution in [0.3, 0.4) is 0 Å². The van der Waals surface area contributed by atoms with Gasteiger partial charge in [-0.3, -0.25) is 0 Å². The van der Waals surface area contributed by atoms with Crippen LogP contribution >= 0.6 is 17.0 Å². The Kier molecular flexibility index (Phi) is 13.2. The summed E-state index contributed by atoms with van der Waals surface area (Å²) in [6.07, 6.45) is 48.8. The standard InChI is InChI=1S/2C39H40O2Si.2ClH.Zr/c2*1-24-20-28(16-18-36(24)40-5)30-12-8-10-14-32-34(30)22-26(3)38(32)42(7)39-27(4)23-35-31(13-9-11-15-33(35)39)29-17-19-37(41-6)25(2)21-29;;;/h2*8-23,30-31,42H,1-7H3;2*1H;/q;;;;+2/p-2. The third kappa shape index (κ3) is 6.26. The Balaban J connectivity index is 1.19. The minimum atomic E-state index is -7.63. The fraction of sp³-hybridized carbons (Fsp3) is 0.282. The maximum absolute atomic E-state index is 11.4. The van der Waals surface area contributed by atoms with Gasteiger partial charge in [-0.05, 0) is 0 Å². The molecule has 4 aromatic carbocycles. The zero-order chi connectivity index (χ0) is 61.2. The van der Waals surface area contributed by atoms with E-state index in [1.54, 1.807) is 28.4 Å². The second-order valence-corrected chi connectivity index (χ2v) is 66.7. The van der Waals surface area contributed by atoms with E-state index in [9.17, 15) is 17.0 Å². The van der Waals surface area contributed by atoms with Crippen LogP contribution in [0.25, 0.3) is 0 Å². The van der Waals surface area contributed by atoms with E-state index in [0.29, 0.717) is 0 Å². The van der Waals surface area contributed by atoms with E-state index in [1.165, 1.54) is 89.1 Å². The molecule has 4 nitrogen and oxygen atoms in total. The van der Waals surface area contributed by atoms with Crippen LogP contribution in [0.4, 0.5) is 0 Å². The van der Waals surface area contributed by atoms with Gasteiger partial charge >= 0.3 is 529 Å². The number of halogens is 2. The SMILES string of the molecule is COc1ccc(C2C=CC=CC3=C2C=C(C)[C]32[SiH](C)[C]3(C(C)=CC4=C3C=CC=CC4c3ccc(OC)c(C)c3)[Zr]23([Cl])([Cl])[C]2(C(C)=CC4=C2C=CC=CC4c2ccc(OC)c(C)c2)[SiH](C)[C]32C(C)=CC3=C2C=CC=CC3c2ccc(OC)c(C)c2)cc1C. The van der Waals surface area contributed by atoms with Crippen molar-refractivity contribution in [1.82, 2.24) is 0 Å². The molecule has 8 atom stereocenters. The summed E-state index contributed by atoms with van der Waals surface area (Å²) >= 11 is -7.63. The number of hydrogen-bond donors (Lipinski definition) is 0. The summed E-state index contributed by atoms with van der Waals surface area (Å²) in [5, 5.41) is 0. The van der Waals surface area contributed by atoms with E-state index in [1.807, 2.05) is 0 Å². The van der Waals surface area contributed by atoms with Crippen molar-refractivity contribution in [3.63, 3.8) is 0 Å². The van der Waals surface area contributed by atoms with Crippen LogP contribution in [0.15, 0.2) is 261 Å². The van der Waals surface area contributed by atoms with Crippen molar-refractivity contribution in [3.05, 3.63) is 306 Å². The zero-order valence-electron chi connectivity index (χ0n) is 52.8. The molecule has 4 aromatic rings. The molecule has 8 aliphatic carbocycles. The summed E-state index contributed by atoms with van der Waals surface area (Å²) in [6.45, 7) is 24.1. The molecule has 2 fully saturated rings. The molecule has 0 bridgehead atoms. The van der Waals surface area contributed by atoms with E-state index in [4.69, 9.17) is 18.9 Å². The summed E-state index contributed by atoms with van der Waals surface area (Å²) in [5.74, 6) is 3.25. The molecule has 0 N–H and O–H groups in total. The summed E-state index contributed by atoms with van der Waals surface area (Å²) in [5.41, 5.74) is 25.4. The number of benzene rings is 4. The number of ether oxygens (including phenoxy) is 4. The van der Waals surface area contributed by atoms with Crippen LogP contribution in [0.1, 0.15) is 95.9 Å². The van der Waals surface area contributed by atoms with Gasteiger partial charge in [0.15, 0.2) is 0 Å². The van der Waals surface area contributed by atoms with E-state index in [2.05, 4.69) is 263 Å². The Morgan fingerprint density at radius 2 is 0.563 bits per heavy atom. The van der Waals surface area contributed by atoms with E-state index in [-0.39, 0.29) is 23.7 Å². The van der Waals surface area contributed by atoms with Crippen LogP contribution in [0.2, 0.25) is 24.1 Å². The van der Waals surface area contributed by atoms with Gasteiger partial charge in [-0.1, -0.05) is 0 Å². The number of fused-ring (bicyclic) bond motifs is 8. The second kappa shape index (κ2) is 19.7. The normalized spacial score (nSPS) is 32.7. The molecule has 442 valence electrons.